The number of rotatable bonds is 7. The number of fused-ring (bicyclic) bond motifs is 2. The number of aryl methyl sites for hydroxylation is 1. The number of carbonyl (C=O) groups excluding carboxylic acids is 1. The van der Waals surface area contributed by atoms with E-state index in [9.17, 15) is 4.79 Å². The molecule has 8 nitrogen and oxygen atoms in total. The Morgan fingerprint density at radius 1 is 0.927 bits per heavy atom. The summed E-state index contributed by atoms with van der Waals surface area (Å²) in [6.07, 6.45) is 4.04. The quantitative estimate of drug-likeness (QED) is 0.207. The maximum absolute atomic E-state index is 12.7. The number of imidazole rings is 1. The molecule has 1 amide bonds. The molecule has 7 rings (SSSR count). The summed E-state index contributed by atoms with van der Waals surface area (Å²) in [5.41, 5.74) is 6.73. The van der Waals surface area contributed by atoms with Crippen LogP contribution in [0.25, 0.3) is 37.8 Å². The van der Waals surface area contributed by atoms with E-state index in [1.807, 2.05) is 95.7 Å². The highest BCUT2D eigenvalue weighted by atomic mass is 32.1. The molecule has 0 spiro atoms. The van der Waals surface area contributed by atoms with Crippen LogP contribution >= 0.6 is 22.7 Å². The topological polar surface area (TPSA) is 97.1 Å². The van der Waals surface area contributed by atoms with Crippen molar-refractivity contribution in [1.82, 2.24) is 24.3 Å². The SMILES string of the molecule is Cc1nc2cc(Nc3nccc(-c4c(-c5cccc(NC(=O)Cc6ccccc6)c5)nc5sccn45)n3)ccc2s1. The van der Waals surface area contributed by atoms with Gasteiger partial charge in [-0.05, 0) is 48.9 Å². The van der Waals surface area contributed by atoms with E-state index in [4.69, 9.17) is 9.97 Å². The monoisotopic (exact) mass is 573 g/mol. The Bertz CT molecular complexity index is 2030. The molecule has 4 aromatic heterocycles. The summed E-state index contributed by atoms with van der Waals surface area (Å²) in [4.78, 5) is 32.4. The van der Waals surface area contributed by atoms with E-state index < -0.39 is 0 Å². The van der Waals surface area contributed by atoms with Crippen molar-refractivity contribution in [2.75, 3.05) is 10.6 Å². The van der Waals surface area contributed by atoms with Crippen LogP contribution in [0.3, 0.4) is 0 Å². The minimum absolute atomic E-state index is 0.0723. The molecule has 0 saturated carbocycles. The molecule has 200 valence electrons. The average molecular weight is 574 g/mol. The largest absolute Gasteiger partial charge is 0.326 e. The molecule has 41 heavy (non-hydrogen) atoms. The van der Waals surface area contributed by atoms with Gasteiger partial charge in [0, 0.05) is 34.7 Å². The molecule has 2 N–H and O–H groups in total. The van der Waals surface area contributed by atoms with Gasteiger partial charge < -0.3 is 10.6 Å². The highest BCUT2D eigenvalue weighted by Crippen LogP contribution is 2.35. The Labute approximate surface area is 243 Å². The van der Waals surface area contributed by atoms with Crippen LogP contribution in [-0.4, -0.2) is 30.2 Å². The first-order valence-electron chi connectivity index (χ1n) is 13.0. The van der Waals surface area contributed by atoms with Gasteiger partial charge in [0.15, 0.2) is 4.96 Å². The first kappa shape index (κ1) is 25.1. The van der Waals surface area contributed by atoms with Gasteiger partial charge in [0.1, 0.15) is 5.69 Å². The number of nitrogens with one attached hydrogen (secondary N) is 2. The molecule has 0 saturated heterocycles. The molecule has 7 aromatic rings. The highest BCUT2D eigenvalue weighted by Gasteiger charge is 2.19. The number of thiazole rings is 2. The van der Waals surface area contributed by atoms with Crippen LogP contribution in [0.2, 0.25) is 0 Å². The third kappa shape index (κ3) is 5.18. The standard InChI is InChI=1S/C31H23N7OS2/c1-19-33-25-18-23(10-11-26(25)41-19)35-30-32-13-12-24(36-30)29-28(37-31-38(29)14-15-40-31)21-8-5-9-22(17-21)34-27(39)16-20-6-3-2-4-7-20/h2-15,17-18H,16H2,1H3,(H,34,39)(H,32,35,36). The van der Waals surface area contributed by atoms with E-state index in [0.717, 1.165) is 54.1 Å². The molecule has 0 unspecified atom stereocenters. The maximum Gasteiger partial charge on any atom is 0.228 e. The van der Waals surface area contributed by atoms with Gasteiger partial charge in [-0.3, -0.25) is 9.20 Å². The number of hydrogen-bond acceptors (Lipinski definition) is 8. The van der Waals surface area contributed by atoms with Crippen molar-refractivity contribution in [3.8, 4) is 22.6 Å². The van der Waals surface area contributed by atoms with Crippen molar-refractivity contribution in [2.45, 2.75) is 13.3 Å². The molecule has 0 aliphatic heterocycles. The fourth-order valence-electron chi connectivity index (χ4n) is 4.76. The Hall–Kier alpha value is -4.93. The van der Waals surface area contributed by atoms with Crippen molar-refractivity contribution in [1.29, 1.82) is 0 Å². The average Bonchev–Trinajstić information content (AvgIpc) is 3.67. The van der Waals surface area contributed by atoms with Gasteiger partial charge in [0.05, 0.1) is 33.0 Å². The predicted molar refractivity (Wildman–Crippen MR) is 166 cm³/mol. The third-order valence-electron chi connectivity index (χ3n) is 6.54. The summed E-state index contributed by atoms with van der Waals surface area (Å²) in [7, 11) is 0. The maximum atomic E-state index is 12.7. The number of anilines is 3. The van der Waals surface area contributed by atoms with E-state index in [-0.39, 0.29) is 5.91 Å². The Morgan fingerprint density at radius 2 is 1.83 bits per heavy atom. The van der Waals surface area contributed by atoms with E-state index in [1.54, 1.807) is 28.9 Å². The van der Waals surface area contributed by atoms with Crippen LogP contribution in [0.4, 0.5) is 17.3 Å². The number of carbonyl (C=O) groups is 1. The third-order valence-corrected chi connectivity index (χ3v) is 8.25. The lowest BCUT2D eigenvalue weighted by atomic mass is 10.1. The van der Waals surface area contributed by atoms with Crippen LogP contribution in [0, 0.1) is 6.92 Å². The summed E-state index contributed by atoms with van der Waals surface area (Å²) >= 11 is 3.23. The molecule has 0 atom stereocenters. The van der Waals surface area contributed by atoms with Crippen molar-refractivity contribution in [3.05, 3.63) is 107 Å². The van der Waals surface area contributed by atoms with Gasteiger partial charge in [-0.15, -0.1) is 22.7 Å². The first-order chi connectivity index (χ1) is 20.1. The summed E-state index contributed by atoms with van der Waals surface area (Å²) < 4.78 is 3.18. The number of benzene rings is 3. The fraction of sp³-hybridized carbons (Fsp3) is 0.0645. The van der Waals surface area contributed by atoms with Crippen molar-refractivity contribution >= 4 is 61.1 Å². The van der Waals surface area contributed by atoms with Crippen molar-refractivity contribution in [3.63, 3.8) is 0 Å². The van der Waals surface area contributed by atoms with Crippen LogP contribution in [0.5, 0.6) is 0 Å². The van der Waals surface area contributed by atoms with Crippen molar-refractivity contribution < 1.29 is 4.79 Å². The second-order valence-electron chi connectivity index (χ2n) is 9.46. The van der Waals surface area contributed by atoms with Gasteiger partial charge in [-0.1, -0.05) is 42.5 Å². The first-order valence-corrected chi connectivity index (χ1v) is 14.7. The molecule has 0 aliphatic carbocycles. The van der Waals surface area contributed by atoms with E-state index in [0.29, 0.717) is 18.1 Å². The zero-order valence-electron chi connectivity index (χ0n) is 21.9. The molecule has 4 heterocycles. The number of amides is 1. The van der Waals surface area contributed by atoms with Crippen LogP contribution in [0.15, 0.2) is 96.6 Å². The van der Waals surface area contributed by atoms with Gasteiger partial charge in [0.25, 0.3) is 0 Å². The zero-order chi connectivity index (χ0) is 27.8. The molecule has 10 heteroatoms. The molecular formula is C31H23N7OS2. The minimum atomic E-state index is -0.0723. The Morgan fingerprint density at radius 3 is 2.73 bits per heavy atom. The van der Waals surface area contributed by atoms with Gasteiger partial charge in [-0.25, -0.2) is 19.9 Å². The van der Waals surface area contributed by atoms with Gasteiger partial charge in [-0.2, -0.15) is 0 Å². The van der Waals surface area contributed by atoms with Crippen molar-refractivity contribution in [2.24, 2.45) is 0 Å². The zero-order valence-corrected chi connectivity index (χ0v) is 23.5. The lowest BCUT2D eigenvalue weighted by molar-refractivity contribution is -0.115. The Kier molecular flexibility index (Phi) is 6.46. The van der Waals surface area contributed by atoms with Crippen LogP contribution < -0.4 is 10.6 Å². The van der Waals surface area contributed by atoms with Gasteiger partial charge in [0.2, 0.25) is 11.9 Å². The van der Waals surface area contributed by atoms with Gasteiger partial charge >= 0.3 is 0 Å². The number of hydrogen-bond donors (Lipinski definition) is 2. The van der Waals surface area contributed by atoms with Crippen LogP contribution in [-0.2, 0) is 11.2 Å². The molecule has 0 radical (unpaired) electrons. The minimum Gasteiger partial charge on any atom is -0.326 e. The molecule has 0 fully saturated rings. The molecule has 3 aromatic carbocycles. The smallest absolute Gasteiger partial charge is 0.228 e. The van der Waals surface area contributed by atoms with E-state index >= 15 is 0 Å². The van der Waals surface area contributed by atoms with E-state index in [1.165, 1.54) is 0 Å². The second kappa shape index (κ2) is 10.6. The Balaban J connectivity index is 1.20. The molecular weight excluding hydrogens is 551 g/mol. The fourth-order valence-corrected chi connectivity index (χ4v) is 6.28. The lowest BCUT2D eigenvalue weighted by Crippen LogP contribution is -2.14. The predicted octanol–water partition coefficient (Wildman–Crippen LogP) is 7.36. The summed E-state index contributed by atoms with van der Waals surface area (Å²) in [6.45, 7) is 2.01. The molecule has 0 bridgehead atoms. The normalized spacial score (nSPS) is 11.2. The molecule has 0 aliphatic rings. The summed E-state index contributed by atoms with van der Waals surface area (Å²) in [6, 6.07) is 25.4. The summed E-state index contributed by atoms with van der Waals surface area (Å²) in [5.74, 6) is 0.406. The second-order valence-corrected chi connectivity index (χ2v) is 11.6. The van der Waals surface area contributed by atoms with Crippen LogP contribution in [0.1, 0.15) is 10.6 Å². The number of nitrogens with zero attached hydrogens (tertiary/aromatic N) is 5. The number of aromatic nitrogens is 5. The van der Waals surface area contributed by atoms with E-state index in [2.05, 4.69) is 26.7 Å². The highest BCUT2D eigenvalue weighted by molar-refractivity contribution is 7.18. The summed E-state index contributed by atoms with van der Waals surface area (Å²) in [5, 5.41) is 9.39. The lowest BCUT2D eigenvalue weighted by Gasteiger charge is -2.10.